The molecule has 148 valence electrons. The van der Waals surface area contributed by atoms with Crippen molar-refractivity contribution in [2.24, 2.45) is 0 Å². The van der Waals surface area contributed by atoms with Crippen molar-refractivity contribution in [2.45, 2.75) is 25.9 Å². The largest absolute Gasteiger partial charge is 0.341 e. The summed E-state index contributed by atoms with van der Waals surface area (Å²) >= 11 is 0. The third kappa shape index (κ3) is 5.29. The number of imidazole rings is 1. The van der Waals surface area contributed by atoms with Crippen LogP contribution in [0.3, 0.4) is 0 Å². The summed E-state index contributed by atoms with van der Waals surface area (Å²) < 4.78 is 0. The van der Waals surface area contributed by atoms with Crippen molar-refractivity contribution in [3.05, 3.63) is 59.7 Å². The Morgan fingerprint density at radius 2 is 1.93 bits per heavy atom. The van der Waals surface area contributed by atoms with Gasteiger partial charge in [0.1, 0.15) is 5.82 Å². The zero-order valence-electron chi connectivity index (χ0n) is 16.8. The summed E-state index contributed by atoms with van der Waals surface area (Å²) in [6, 6.07) is 12.1. The van der Waals surface area contributed by atoms with Gasteiger partial charge in [-0.3, -0.25) is 9.88 Å². The lowest BCUT2D eigenvalue weighted by Crippen LogP contribution is -2.35. The van der Waals surface area contributed by atoms with Crippen LogP contribution in [0.1, 0.15) is 23.5 Å². The molecule has 1 aromatic carbocycles. The first-order valence-corrected chi connectivity index (χ1v) is 9.53. The number of pyridine rings is 1. The van der Waals surface area contributed by atoms with Crippen LogP contribution in [0.25, 0.3) is 11.0 Å². The molecule has 0 bridgehead atoms. The number of benzene rings is 1. The van der Waals surface area contributed by atoms with Crippen molar-refractivity contribution in [1.29, 1.82) is 0 Å². The fourth-order valence-corrected chi connectivity index (χ4v) is 3.12. The Balaban J connectivity index is 1.55. The van der Waals surface area contributed by atoms with Crippen LogP contribution in [0.15, 0.2) is 42.6 Å². The number of hydrogen-bond donors (Lipinski definition) is 2. The molecule has 0 aliphatic carbocycles. The van der Waals surface area contributed by atoms with Gasteiger partial charge in [0.2, 0.25) is 0 Å². The number of H-pyrrole nitrogens is 1. The van der Waals surface area contributed by atoms with Gasteiger partial charge in [0, 0.05) is 33.4 Å². The van der Waals surface area contributed by atoms with E-state index >= 15 is 0 Å². The summed E-state index contributed by atoms with van der Waals surface area (Å²) in [7, 11) is 5.56. The molecule has 0 fully saturated rings. The minimum Gasteiger partial charge on any atom is -0.341 e. The molecule has 0 spiro atoms. The van der Waals surface area contributed by atoms with Gasteiger partial charge in [-0.1, -0.05) is 18.2 Å². The number of aryl methyl sites for hydroxylation is 1. The van der Waals surface area contributed by atoms with Crippen molar-refractivity contribution in [1.82, 2.24) is 30.1 Å². The smallest absolute Gasteiger partial charge is 0.316 e. The number of carbonyl (C=O) groups excluding carboxylic acids is 1. The molecule has 2 amide bonds. The van der Waals surface area contributed by atoms with E-state index in [2.05, 4.69) is 38.3 Å². The van der Waals surface area contributed by atoms with Gasteiger partial charge in [0.05, 0.1) is 23.3 Å². The van der Waals surface area contributed by atoms with Crippen LogP contribution in [0.5, 0.6) is 0 Å². The Hall–Kier alpha value is -2.93. The highest BCUT2D eigenvalue weighted by atomic mass is 16.2. The van der Waals surface area contributed by atoms with Crippen molar-refractivity contribution < 1.29 is 4.79 Å². The van der Waals surface area contributed by atoms with Crippen LogP contribution >= 0.6 is 0 Å². The van der Waals surface area contributed by atoms with Gasteiger partial charge >= 0.3 is 6.03 Å². The highest BCUT2D eigenvalue weighted by Crippen LogP contribution is 2.14. The van der Waals surface area contributed by atoms with E-state index in [0.717, 1.165) is 48.5 Å². The molecule has 2 N–H and O–H groups in total. The molecule has 28 heavy (non-hydrogen) atoms. The first kappa shape index (κ1) is 19.8. The second-order valence-electron chi connectivity index (χ2n) is 7.21. The lowest BCUT2D eigenvalue weighted by Gasteiger charge is -2.17. The summed E-state index contributed by atoms with van der Waals surface area (Å²) in [5, 5.41) is 2.90. The van der Waals surface area contributed by atoms with Crippen molar-refractivity contribution in [3.63, 3.8) is 0 Å². The zero-order chi connectivity index (χ0) is 19.9. The van der Waals surface area contributed by atoms with Crippen molar-refractivity contribution in [3.8, 4) is 0 Å². The zero-order valence-corrected chi connectivity index (χ0v) is 16.8. The molecular formula is C21H28N6O. The second-order valence-corrected chi connectivity index (χ2v) is 7.21. The molecule has 3 rings (SSSR count). The number of carbonyl (C=O) groups is 1. The van der Waals surface area contributed by atoms with Crippen LogP contribution in [0, 0.1) is 0 Å². The summed E-state index contributed by atoms with van der Waals surface area (Å²) in [6.07, 6.45) is 3.60. The predicted molar refractivity (Wildman–Crippen MR) is 111 cm³/mol. The third-order valence-corrected chi connectivity index (χ3v) is 4.57. The van der Waals surface area contributed by atoms with Gasteiger partial charge < -0.3 is 15.2 Å². The summed E-state index contributed by atoms with van der Waals surface area (Å²) in [5.41, 5.74) is 4.34. The summed E-state index contributed by atoms with van der Waals surface area (Å²) in [4.78, 5) is 27.9. The van der Waals surface area contributed by atoms with E-state index in [-0.39, 0.29) is 6.03 Å². The SMILES string of the molecule is CN(Cc1nc2ccccc2[nH]1)Cc1ncccc1CCCNC(=O)N(C)C. The van der Waals surface area contributed by atoms with E-state index in [0.29, 0.717) is 6.54 Å². The third-order valence-electron chi connectivity index (χ3n) is 4.57. The van der Waals surface area contributed by atoms with Crippen LogP contribution in [0.2, 0.25) is 0 Å². The number of aromatic nitrogens is 3. The molecule has 0 saturated heterocycles. The predicted octanol–water partition coefficient (Wildman–Crippen LogP) is 2.79. The maximum atomic E-state index is 11.6. The van der Waals surface area contributed by atoms with Crippen molar-refractivity contribution >= 4 is 17.1 Å². The molecule has 0 aliphatic rings. The molecule has 0 unspecified atom stereocenters. The Bertz CT molecular complexity index is 887. The Morgan fingerprint density at radius 3 is 2.71 bits per heavy atom. The molecule has 7 heteroatoms. The lowest BCUT2D eigenvalue weighted by atomic mass is 10.1. The molecule has 2 aromatic heterocycles. The molecule has 3 aromatic rings. The fourth-order valence-electron chi connectivity index (χ4n) is 3.12. The van der Waals surface area contributed by atoms with Gasteiger partial charge in [-0.05, 0) is 43.7 Å². The minimum absolute atomic E-state index is 0.0584. The first-order chi connectivity index (χ1) is 13.5. The number of rotatable bonds is 8. The van der Waals surface area contributed by atoms with Crippen molar-refractivity contribution in [2.75, 3.05) is 27.7 Å². The molecule has 7 nitrogen and oxygen atoms in total. The molecule has 2 heterocycles. The Kier molecular flexibility index (Phi) is 6.60. The molecule has 0 saturated carbocycles. The van der Waals surface area contributed by atoms with Crippen LogP contribution in [-0.2, 0) is 19.5 Å². The average molecular weight is 380 g/mol. The number of aromatic amines is 1. The van der Waals surface area contributed by atoms with E-state index in [1.54, 1.807) is 19.0 Å². The second kappa shape index (κ2) is 9.32. The fraction of sp³-hybridized carbons (Fsp3) is 0.381. The first-order valence-electron chi connectivity index (χ1n) is 9.53. The Labute approximate surface area is 165 Å². The topological polar surface area (TPSA) is 77.1 Å². The van der Waals surface area contributed by atoms with Gasteiger partial charge in [0.25, 0.3) is 0 Å². The number of nitrogens with one attached hydrogen (secondary N) is 2. The summed E-state index contributed by atoms with van der Waals surface area (Å²) in [6.45, 7) is 2.13. The molecular weight excluding hydrogens is 352 g/mol. The maximum absolute atomic E-state index is 11.6. The monoisotopic (exact) mass is 380 g/mol. The van der Waals surface area contributed by atoms with E-state index < -0.39 is 0 Å². The molecule has 0 aliphatic heterocycles. The van der Waals surface area contributed by atoms with E-state index in [9.17, 15) is 4.79 Å². The van der Waals surface area contributed by atoms with Crippen LogP contribution in [0.4, 0.5) is 4.79 Å². The minimum atomic E-state index is -0.0584. The standard InChI is InChI=1S/C21H28N6O/c1-26(2)21(28)23-13-7-9-16-8-6-12-22-19(16)14-27(3)15-20-24-17-10-4-5-11-18(17)25-20/h4-6,8,10-12H,7,9,13-15H2,1-3H3,(H,23,28)(H,24,25). The Morgan fingerprint density at radius 1 is 1.11 bits per heavy atom. The van der Waals surface area contributed by atoms with E-state index in [1.807, 2.05) is 36.5 Å². The highest BCUT2D eigenvalue weighted by Gasteiger charge is 2.10. The number of nitrogens with zero attached hydrogens (tertiary/aromatic N) is 4. The maximum Gasteiger partial charge on any atom is 0.316 e. The number of hydrogen-bond acceptors (Lipinski definition) is 4. The van der Waals surface area contributed by atoms with Gasteiger partial charge in [-0.2, -0.15) is 0 Å². The lowest BCUT2D eigenvalue weighted by molar-refractivity contribution is 0.217. The number of urea groups is 1. The number of amides is 2. The molecule has 0 atom stereocenters. The number of para-hydroxylation sites is 2. The number of fused-ring (bicyclic) bond motifs is 1. The quantitative estimate of drug-likeness (QED) is 0.589. The van der Waals surface area contributed by atoms with E-state index in [4.69, 9.17) is 0 Å². The van der Waals surface area contributed by atoms with Gasteiger partial charge in [-0.25, -0.2) is 9.78 Å². The molecule has 0 radical (unpaired) electrons. The average Bonchev–Trinajstić information content (AvgIpc) is 3.08. The van der Waals surface area contributed by atoms with E-state index in [1.165, 1.54) is 5.56 Å². The highest BCUT2D eigenvalue weighted by molar-refractivity contribution is 5.74. The van der Waals surface area contributed by atoms with Crippen LogP contribution in [-0.4, -0.2) is 58.5 Å². The normalized spacial score (nSPS) is 11.1. The van der Waals surface area contributed by atoms with Gasteiger partial charge in [0.15, 0.2) is 0 Å². The van der Waals surface area contributed by atoms with Gasteiger partial charge in [-0.15, -0.1) is 0 Å². The summed E-state index contributed by atoms with van der Waals surface area (Å²) in [5.74, 6) is 0.951. The van der Waals surface area contributed by atoms with Crippen LogP contribution < -0.4 is 5.32 Å².